The van der Waals surface area contributed by atoms with Crippen LogP contribution in [-0.4, -0.2) is 23.0 Å². The lowest BCUT2D eigenvalue weighted by atomic mass is 10.1. The number of imide groups is 1. The Bertz CT molecular complexity index is 993. The Balaban J connectivity index is 1.47. The number of nitrogens with zero attached hydrogens (tertiary/aromatic N) is 2. The molecule has 0 N–H and O–H groups in total. The minimum atomic E-state index is -0.414. The molecule has 0 fully saturated rings. The van der Waals surface area contributed by atoms with Gasteiger partial charge in [-0.15, -0.1) is 0 Å². The molecule has 5 nitrogen and oxygen atoms in total. The third-order valence-electron chi connectivity index (χ3n) is 4.20. The molecule has 1 aliphatic heterocycles. The molecule has 132 valence electrons. The summed E-state index contributed by atoms with van der Waals surface area (Å²) in [5.74, 6) is -0.142. The van der Waals surface area contributed by atoms with Crippen LogP contribution in [0.4, 0.5) is 0 Å². The summed E-state index contributed by atoms with van der Waals surface area (Å²) >= 11 is 0. The predicted octanol–water partition coefficient (Wildman–Crippen LogP) is 3.90. The van der Waals surface area contributed by atoms with E-state index >= 15 is 0 Å². The molecule has 5 heteroatoms. The number of hydrazone groups is 1. The molecule has 0 bridgehead atoms. The Morgan fingerprint density at radius 1 is 0.815 bits per heavy atom. The average Bonchev–Trinajstić information content (AvgIpc) is 2.96. The Morgan fingerprint density at radius 3 is 2.19 bits per heavy atom. The molecule has 1 aliphatic rings. The van der Waals surface area contributed by atoms with Gasteiger partial charge >= 0.3 is 0 Å². The lowest BCUT2D eigenvalue weighted by Gasteiger charge is -2.08. The summed E-state index contributed by atoms with van der Waals surface area (Å²) in [6.07, 6.45) is 1.48. The van der Waals surface area contributed by atoms with E-state index in [1.165, 1.54) is 6.21 Å². The molecule has 4 rings (SSSR count). The van der Waals surface area contributed by atoms with Gasteiger partial charge in [0.25, 0.3) is 11.8 Å². The maximum absolute atomic E-state index is 12.3. The highest BCUT2D eigenvalue weighted by Gasteiger charge is 2.35. The summed E-state index contributed by atoms with van der Waals surface area (Å²) in [5, 5.41) is 4.97. The van der Waals surface area contributed by atoms with Crippen LogP contribution >= 0.6 is 0 Å². The first-order chi connectivity index (χ1) is 13.2. The van der Waals surface area contributed by atoms with Gasteiger partial charge in [0.15, 0.2) is 0 Å². The van der Waals surface area contributed by atoms with Gasteiger partial charge in [-0.3, -0.25) is 9.59 Å². The van der Waals surface area contributed by atoms with Crippen LogP contribution in [0.3, 0.4) is 0 Å². The maximum atomic E-state index is 12.3. The van der Waals surface area contributed by atoms with E-state index in [0.29, 0.717) is 23.5 Å². The molecular formula is C22H16N2O3. The van der Waals surface area contributed by atoms with Gasteiger partial charge in [0.05, 0.1) is 17.3 Å². The molecule has 3 aromatic carbocycles. The molecule has 0 aliphatic carbocycles. The van der Waals surface area contributed by atoms with Gasteiger partial charge < -0.3 is 4.74 Å². The largest absolute Gasteiger partial charge is 0.489 e. The molecule has 0 unspecified atom stereocenters. The molecule has 0 atom stereocenters. The van der Waals surface area contributed by atoms with Crippen LogP contribution in [0.15, 0.2) is 84.0 Å². The molecule has 27 heavy (non-hydrogen) atoms. The van der Waals surface area contributed by atoms with Crippen LogP contribution in [0.5, 0.6) is 5.75 Å². The summed E-state index contributed by atoms with van der Waals surface area (Å²) in [7, 11) is 0. The van der Waals surface area contributed by atoms with Gasteiger partial charge in [-0.2, -0.15) is 10.1 Å². The van der Waals surface area contributed by atoms with Crippen LogP contribution in [-0.2, 0) is 6.61 Å². The van der Waals surface area contributed by atoms with Gasteiger partial charge in [-0.05, 0) is 35.4 Å². The second-order valence-electron chi connectivity index (χ2n) is 6.06. The molecule has 2 amide bonds. The lowest BCUT2D eigenvalue weighted by molar-refractivity contribution is 0.0660. The standard InChI is InChI=1S/C22H16N2O3/c25-21-19-11-4-5-12-20(19)22(26)24(21)23-14-17-9-6-10-18(13-17)27-15-16-7-2-1-3-8-16/h1-14H,15H2/b23-14-. The topological polar surface area (TPSA) is 59.0 Å². The second kappa shape index (κ2) is 7.25. The zero-order chi connectivity index (χ0) is 18.6. The maximum Gasteiger partial charge on any atom is 0.282 e. The van der Waals surface area contributed by atoms with Gasteiger partial charge in [-0.1, -0.05) is 54.6 Å². The normalized spacial score (nSPS) is 13.3. The molecule has 0 saturated heterocycles. The molecule has 0 aromatic heterocycles. The smallest absolute Gasteiger partial charge is 0.282 e. The van der Waals surface area contributed by atoms with Crippen molar-refractivity contribution in [2.75, 3.05) is 0 Å². The van der Waals surface area contributed by atoms with Crippen LogP contribution in [0, 0.1) is 0 Å². The molecule has 0 spiro atoms. The van der Waals surface area contributed by atoms with E-state index in [0.717, 1.165) is 16.1 Å². The minimum Gasteiger partial charge on any atom is -0.489 e. The van der Waals surface area contributed by atoms with Gasteiger partial charge in [-0.25, -0.2) is 0 Å². The van der Waals surface area contributed by atoms with E-state index in [9.17, 15) is 9.59 Å². The Labute approximate surface area is 156 Å². The molecule has 1 heterocycles. The van der Waals surface area contributed by atoms with Crippen LogP contribution in [0.2, 0.25) is 0 Å². The minimum absolute atomic E-state index is 0.375. The number of rotatable bonds is 5. The van der Waals surface area contributed by atoms with Crippen molar-refractivity contribution >= 4 is 18.0 Å². The SMILES string of the molecule is O=C1c2ccccc2C(=O)N1/N=C\c1cccc(OCc2ccccc2)c1. The van der Waals surface area contributed by atoms with Gasteiger partial charge in [0.2, 0.25) is 0 Å². The van der Waals surface area contributed by atoms with Crippen LogP contribution < -0.4 is 4.74 Å². The number of hydrogen-bond donors (Lipinski definition) is 0. The second-order valence-corrected chi connectivity index (χ2v) is 6.06. The van der Waals surface area contributed by atoms with Crippen LogP contribution in [0.1, 0.15) is 31.8 Å². The number of hydrogen-bond acceptors (Lipinski definition) is 4. The quantitative estimate of drug-likeness (QED) is 0.515. The number of ether oxygens (including phenoxy) is 1. The summed E-state index contributed by atoms with van der Waals surface area (Å²) in [4.78, 5) is 24.6. The van der Waals surface area contributed by atoms with Crippen molar-refractivity contribution in [3.63, 3.8) is 0 Å². The number of amides is 2. The van der Waals surface area contributed by atoms with Crippen molar-refractivity contribution < 1.29 is 14.3 Å². The first-order valence-electron chi connectivity index (χ1n) is 8.51. The number of carbonyl (C=O) groups excluding carboxylic acids is 2. The Hall–Kier alpha value is -3.73. The Morgan fingerprint density at radius 2 is 1.48 bits per heavy atom. The summed E-state index contributed by atoms with van der Waals surface area (Å²) in [6.45, 7) is 0.458. The number of carbonyl (C=O) groups is 2. The highest BCUT2D eigenvalue weighted by Crippen LogP contribution is 2.22. The predicted molar refractivity (Wildman–Crippen MR) is 102 cm³/mol. The Kier molecular flexibility index (Phi) is 4.49. The highest BCUT2D eigenvalue weighted by molar-refractivity contribution is 6.21. The van der Waals surface area contributed by atoms with Crippen molar-refractivity contribution in [1.82, 2.24) is 5.01 Å². The van der Waals surface area contributed by atoms with E-state index in [1.807, 2.05) is 54.6 Å². The molecule has 0 radical (unpaired) electrons. The van der Waals surface area contributed by atoms with Crippen molar-refractivity contribution in [2.45, 2.75) is 6.61 Å². The molecule has 0 saturated carbocycles. The number of benzene rings is 3. The summed E-state index contributed by atoms with van der Waals surface area (Å²) in [5.41, 5.74) is 2.55. The highest BCUT2D eigenvalue weighted by atomic mass is 16.5. The van der Waals surface area contributed by atoms with Crippen molar-refractivity contribution in [1.29, 1.82) is 0 Å². The third-order valence-corrected chi connectivity index (χ3v) is 4.20. The van der Waals surface area contributed by atoms with Gasteiger partial charge in [0.1, 0.15) is 12.4 Å². The lowest BCUT2D eigenvalue weighted by Crippen LogP contribution is -2.23. The zero-order valence-corrected chi connectivity index (χ0v) is 14.4. The number of fused-ring (bicyclic) bond motifs is 1. The summed E-state index contributed by atoms with van der Waals surface area (Å²) in [6, 6.07) is 23.9. The fourth-order valence-corrected chi connectivity index (χ4v) is 2.83. The zero-order valence-electron chi connectivity index (χ0n) is 14.4. The van der Waals surface area contributed by atoms with Crippen molar-refractivity contribution in [3.8, 4) is 5.75 Å². The van der Waals surface area contributed by atoms with Gasteiger partial charge in [0, 0.05) is 0 Å². The van der Waals surface area contributed by atoms with Crippen LogP contribution in [0.25, 0.3) is 0 Å². The van der Waals surface area contributed by atoms with E-state index in [1.54, 1.807) is 24.3 Å². The average molecular weight is 356 g/mol. The summed E-state index contributed by atoms with van der Waals surface area (Å²) < 4.78 is 5.79. The first kappa shape index (κ1) is 16.7. The molecular weight excluding hydrogens is 340 g/mol. The fourth-order valence-electron chi connectivity index (χ4n) is 2.83. The van der Waals surface area contributed by atoms with Crippen molar-refractivity contribution in [3.05, 3.63) is 101 Å². The van der Waals surface area contributed by atoms with E-state index in [2.05, 4.69) is 5.10 Å². The molecule has 3 aromatic rings. The first-order valence-corrected chi connectivity index (χ1v) is 8.51. The monoisotopic (exact) mass is 356 g/mol. The fraction of sp³-hybridized carbons (Fsp3) is 0.0455. The van der Waals surface area contributed by atoms with E-state index < -0.39 is 11.8 Å². The van der Waals surface area contributed by atoms with Crippen molar-refractivity contribution in [2.24, 2.45) is 5.10 Å². The van der Waals surface area contributed by atoms with E-state index in [-0.39, 0.29) is 0 Å². The van der Waals surface area contributed by atoms with E-state index in [4.69, 9.17) is 4.74 Å². The third kappa shape index (κ3) is 3.48.